The van der Waals surface area contributed by atoms with Crippen LogP contribution in [0.1, 0.15) is 45.6 Å². The van der Waals surface area contributed by atoms with Crippen LogP contribution in [-0.4, -0.2) is 36.5 Å². The van der Waals surface area contributed by atoms with Gasteiger partial charge in [-0.1, -0.05) is 39.8 Å². The normalized spacial score (nSPS) is 21.8. The van der Waals surface area contributed by atoms with E-state index in [1.165, 1.54) is 5.56 Å². The summed E-state index contributed by atoms with van der Waals surface area (Å²) in [6.45, 7) is 10.9. The van der Waals surface area contributed by atoms with Gasteiger partial charge in [0.1, 0.15) is 0 Å². The molecule has 1 aromatic rings. The first-order valence-electron chi connectivity index (χ1n) is 8.15. The largest absolute Gasteiger partial charge is 0.327 e. The molecule has 3 N–H and O–H groups in total. The highest BCUT2D eigenvalue weighted by atomic mass is 16.2. The number of likely N-dealkylation sites (tertiary alicyclic amines) is 1. The molecule has 0 saturated carbocycles. The summed E-state index contributed by atoms with van der Waals surface area (Å²) in [6.07, 6.45) is 0.948. The van der Waals surface area contributed by atoms with E-state index in [-0.39, 0.29) is 17.4 Å². The van der Waals surface area contributed by atoms with Gasteiger partial charge in [0.15, 0.2) is 0 Å². The summed E-state index contributed by atoms with van der Waals surface area (Å²) in [6, 6.07) is 8.31. The molecule has 122 valence electrons. The highest BCUT2D eigenvalue weighted by Gasteiger charge is 2.33. The molecule has 0 aromatic heterocycles. The number of rotatable bonds is 4. The number of benzene rings is 1. The molecule has 0 radical (unpaired) electrons. The van der Waals surface area contributed by atoms with Gasteiger partial charge in [0.2, 0.25) is 5.91 Å². The molecule has 1 aliphatic heterocycles. The number of hydrogen-bond donors (Lipinski definition) is 2. The van der Waals surface area contributed by atoms with E-state index in [1.54, 1.807) is 0 Å². The Bertz CT molecular complexity index is 508. The van der Waals surface area contributed by atoms with E-state index in [0.717, 1.165) is 25.2 Å². The number of carbonyl (C=O) groups is 1. The highest BCUT2D eigenvalue weighted by molar-refractivity contribution is 5.92. The lowest BCUT2D eigenvalue weighted by Crippen LogP contribution is -2.53. The Hall–Kier alpha value is -1.39. The van der Waals surface area contributed by atoms with Gasteiger partial charge in [0.05, 0.1) is 6.54 Å². The van der Waals surface area contributed by atoms with Crippen LogP contribution >= 0.6 is 0 Å². The summed E-state index contributed by atoms with van der Waals surface area (Å²) in [7, 11) is 0. The molecule has 0 bridgehead atoms. The second-order valence-electron chi connectivity index (χ2n) is 7.42. The van der Waals surface area contributed by atoms with Gasteiger partial charge < -0.3 is 11.1 Å². The van der Waals surface area contributed by atoms with E-state index in [0.29, 0.717) is 12.5 Å². The van der Waals surface area contributed by atoms with Crippen LogP contribution in [0.25, 0.3) is 0 Å². The van der Waals surface area contributed by atoms with Crippen molar-refractivity contribution in [2.75, 3.05) is 25.0 Å². The zero-order chi connectivity index (χ0) is 16.3. The maximum absolute atomic E-state index is 12.2. The maximum atomic E-state index is 12.2. The first kappa shape index (κ1) is 17.0. The number of nitrogens with two attached hydrogens (primary N) is 1. The Balaban J connectivity index is 1.88. The molecular weight excluding hydrogens is 274 g/mol. The van der Waals surface area contributed by atoms with E-state index in [1.807, 2.05) is 12.1 Å². The lowest BCUT2D eigenvalue weighted by molar-refractivity contribution is -0.118. The SMILES string of the molecule is CC(C)c1ccc(NC(=O)CN2CCC(N)C(C)(C)C2)cc1. The molecule has 22 heavy (non-hydrogen) atoms. The molecule has 4 nitrogen and oxygen atoms in total. The van der Waals surface area contributed by atoms with Gasteiger partial charge in [0.25, 0.3) is 0 Å². The zero-order valence-corrected chi connectivity index (χ0v) is 14.2. The predicted octanol–water partition coefficient (Wildman–Crippen LogP) is 2.81. The van der Waals surface area contributed by atoms with Crippen LogP contribution < -0.4 is 11.1 Å². The van der Waals surface area contributed by atoms with Crippen molar-refractivity contribution >= 4 is 11.6 Å². The van der Waals surface area contributed by atoms with Crippen molar-refractivity contribution in [3.63, 3.8) is 0 Å². The minimum atomic E-state index is 0.0450. The van der Waals surface area contributed by atoms with Gasteiger partial charge in [-0.25, -0.2) is 0 Å². The molecule has 1 aliphatic rings. The van der Waals surface area contributed by atoms with Gasteiger partial charge >= 0.3 is 0 Å². The van der Waals surface area contributed by atoms with Crippen LogP contribution in [0.15, 0.2) is 24.3 Å². The van der Waals surface area contributed by atoms with Gasteiger partial charge in [0, 0.05) is 24.8 Å². The van der Waals surface area contributed by atoms with Crippen LogP contribution in [0.3, 0.4) is 0 Å². The summed E-state index contributed by atoms with van der Waals surface area (Å²) < 4.78 is 0. The van der Waals surface area contributed by atoms with Crippen molar-refractivity contribution in [2.24, 2.45) is 11.1 Å². The number of nitrogens with zero attached hydrogens (tertiary/aromatic N) is 1. The van der Waals surface area contributed by atoms with Crippen molar-refractivity contribution in [2.45, 2.75) is 46.1 Å². The third-order valence-electron chi connectivity index (χ3n) is 4.62. The second-order valence-corrected chi connectivity index (χ2v) is 7.42. The fourth-order valence-electron chi connectivity index (χ4n) is 2.97. The van der Waals surface area contributed by atoms with E-state index in [2.05, 4.69) is 50.0 Å². The van der Waals surface area contributed by atoms with Gasteiger partial charge in [-0.2, -0.15) is 0 Å². The van der Waals surface area contributed by atoms with Crippen molar-refractivity contribution in [3.8, 4) is 0 Å². The number of amides is 1. The average molecular weight is 303 g/mol. The number of piperidine rings is 1. The molecule has 0 aliphatic carbocycles. The van der Waals surface area contributed by atoms with Crippen LogP contribution in [0, 0.1) is 5.41 Å². The number of hydrogen-bond acceptors (Lipinski definition) is 3. The van der Waals surface area contributed by atoms with Crippen LogP contribution in [0.5, 0.6) is 0 Å². The van der Waals surface area contributed by atoms with E-state index >= 15 is 0 Å². The van der Waals surface area contributed by atoms with E-state index in [9.17, 15) is 4.79 Å². The summed E-state index contributed by atoms with van der Waals surface area (Å²) >= 11 is 0. The summed E-state index contributed by atoms with van der Waals surface area (Å²) in [5.41, 5.74) is 8.35. The minimum absolute atomic E-state index is 0.0450. The molecule has 4 heteroatoms. The van der Waals surface area contributed by atoms with Crippen molar-refractivity contribution in [1.82, 2.24) is 4.90 Å². The topological polar surface area (TPSA) is 58.4 Å². The molecule has 1 aromatic carbocycles. The molecule has 1 atom stereocenters. The summed E-state index contributed by atoms with van der Waals surface area (Å²) in [5.74, 6) is 0.549. The minimum Gasteiger partial charge on any atom is -0.327 e. The van der Waals surface area contributed by atoms with Crippen molar-refractivity contribution < 1.29 is 4.79 Å². The maximum Gasteiger partial charge on any atom is 0.238 e. The Morgan fingerprint density at radius 3 is 2.55 bits per heavy atom. The van der Waals surface area contributed by atoms with Gasteiger partial charge in [-0.05, 0) is 35.4 Å². The Morgan fingerprint density at radius 1 is 1.36 bits per heavy atom. The predicted molar refractivity (Wildman–Crippen MR) is 92.0 cm³/mol. The van der Waals surface area contributed by atoms with Crippen LogP contribution in [0.2, 0.25) is 0 Å². The number of carbonyl (C=O) groups excluding carboxylic acids is 1. The molecule has 1 heterocycles. The Kier molecular flexibility index (Phi) is 5.24. The molecule has 0 spiro atoms. The molecule has 1 unspecified atom stereocenters. The quantitative estimate of drug-likeness (QED) is 0.899. The van der Waals surface area contributed by atoms with Crippen LogP contribution in [-0.2, 0) is 4.79 Å². The molecule has 1 fully saturated rings. The van der Waals surface area contributed by atoms with Crippen molar-refractivity contribution in [3.05, 3.63) is 29.8 Å². The zero-order valence-electron chi connectivity index (χ0n) is 14.2. The number of anilines is 1. The monoisotopic (exact) mass is 303 g/mol. The fourth-order valence-corrected chi connectivity index (χ4v) is 2.97. The highest BCUT2D eigenvalue weighted by Crippen LogP contribution is 2.27. The Morgan fingerprint density at radius 2 is 2.00 bits per heavy atom. The Labute approximate surface area is 134 Å². The molecule has 1 amide bonds. The standard InChI is InChI=1S/C18H29N3O/c1-13(2)14-5-7-15(8-6-14)20-17(22)11-21-10-9-16(19)18(3,4)12-21/h5-8,13,16H,9-12,19H2,1-4H3,(H,20,22). The molecule has 1 saturated heterocycles. The second kappa shape index (κ2) is 6.80. The van der Waals surface area contributed by atoms with E-state index < -0.39 is 0 Å². The summed E-state index contributed by atoms with van der Waals surface area (Å²) in [4.78, 5) is 14.4. The molecular formula is C18H29N3O. The lowest BCUT2D eigenvalue weighted by Gasteiger charge is -2.42. The first-order valence-corrected chi connectivity index (χ1v) is 8.15. The number of nitrogens with one attached hydrogen (secondary N) is 1. The van der Waals surface area contributed by atoms with E-state index in [4.69, 9.17) is 5.73 Å². The van der Waals surface area contributed by atoms with Gasteiger partial charge in [-0.3, -0.25) is 9.69 Å². The molecule has 2 rings (SSSR count). The third-order valence-corrected chi connectivity index (χ3v) is 4.62. The average Bonchev–Trinajstić information content (AvgIpc) is 2.43. The fraction of sp³-hybridized carbons (Fsp3) is 0.611. The lowest BCUT2D eigenvalue weighted by atomic mass is 9.80. The first-order chi connectivity index (χ1) is 10.3. The van der Waals surface area contributed by atoms with Crippen LogP contribution in [0.4, 0.5) is 5.69 Å². The van der Waals surface area contributed by atoms with Gasteiger partial charge in [-0.15, -0.1) is 0 Å². The third kappa shape index (κ3) is 4.31. The van der Waals surface area contributed by atoms with Crippen molar-refractivity contribution in [1.29, 1.82) is 0 Å². The smallest absolute Gasteiger partial charge is 0.238 e. The summed E-state index contributed by atoms with van der Waals surface area (Å²) in [5, 5.41) is 2.98.